The lowest BCUT2D eigenvalue weighted by Gasteiger charge is -2.02. The zero-order valence-electron chi connectivity index (χ0n) is 7.75. The maximum atomic E-state index is 11.8. The van der Waals surface area contributed by atoms with E-state index >= 15 is 0 Å². The molecule has 2 heterocycles. The van der Waals surface area contributed by atoms with Gasteiger partial charge in [-0.2, -0.15) is 0 Å². The summed E-state index contributed by atoms with van der Waals surface area (Å²) in [4.78, 5) is 20.1. The number of ether oxygens (including phenoxy) is 1. The molecule has 0 unspecified atom stereocenters. The van der Waals surface area contributed by atoms with Crippen LogP contribution in [-0.2, 0) is 0 Å². The van der Waals surface area contributed by atoms with Crippen molar-refractivity contribution < 1.29 is 9.53 Å². The van der Waals surface area contributed by atoms with Crippen molar-refractivity contribution in [2.75, 3.05) is 7.11 Å². The van der Waals surface area contributed by atoms with Gasteiger partial charge in [0.05, 0.1) is 13.3 Å². The van der Waals surface area contributed by atoms with Crippen LogP contribution in [0.1, 0.15) is 15.4 Å². The monoisotopic (exact) mass is 222 g/mol. The molecule has 0 aromatic carbocycles. The Morgan fingerprint density at radius 2 is 2.20 bits per heavy atom. The SMILES string of the molecule is COc1nccnc1C(=O)c1cnns1. The number of carbonyl (C=O) groups excluding carboxylic acids is 1. The summed E-state index contributed by atoms with van der Waals surface area (Å²) in [5.74, 6) is -0.0779. The second kappa shape index (κ2) is 4.09. The van der Waals surface area contributed by atoms with Crippen LogP contribution in [0.3, 0.4) is 0 Å². The number of aromatic nitrogens is 4. The Labute approximate surface area is 89.1 Å². The van der Waals surface area contributed by atoms with Gasteiger partial charge >= 0.3 is 0 Å². The minimum absolute atomic E-state index is 0.172. The minimum atomic E-state index is -0.282. The molecule has 76 valence electrons. The number of carbonyl (C=O) groups is 1. The third-order valence-corrected chi connectivity index (χ3v) is 2.32. The van der Waals surface area contributed by atoms with Gasteiger partial charge in [0.15, 0.2) is 5.69 Å². The third-order valence-electron chi connectivity index (χ3n) is 1.66. The highest BCUT2D eigenvalue weighted by Gasteiger charge is 2.18. The van der Waals surface area contributed by atoms with Crippen LogP contribution in [0.25, 0.3) is 0 Å². The Kier molecular flexibility index (Phi) is 2.64. The molecular formula is C8H6N4O2S. The number of nitrogens with zero attached hydrogens (tertiary/aromatic N) is 4. The van der Waals surface area contributed by atoms with E-state index in [0.717, 1.165) is 11.5 Å². The van der Waals surface area contributed by atoms with Gasteiger partial charge in [0, 0.05) is 12.4 Å². The van der Waals surface area contributed by atoms with Gasteiger partial charge in [0.1, 0.15) is 4.88 Å². The Morgan fingerprint density at radius 1 is 1.40 bits per heavy atom. The highest BCUT2D eigenvalue weighted by atomic mass is 32.1. The first-order valence-corrected chi connectivity index (χ1v) is 4.77. The van der Waals surface area contributed by atoms with Crippen molar-refractivity contribution in [1.82, 2.24) is 19.6 Å². The molecule has 0 N–H and O–H groups in total. The topological polar surface area (TPSA) is 77.9 Å². The average Bonchev–Trinajstić information content (AvgIpc) is 2.81. The normalized spacial score (nSPS) is 9.93. The van der Waals surface area contributed by atoms with Gasteiger partial charge < -0.3 is 4.74 Å². The summed E-state index contributed by atoms with van der Waals surface area (Å²) in [6.07, 6.45) is 4.28. The summed E-state index contributed by atoms with van der Waals surface area (Å²) in [7, 11) is 1.44. The predicted molar refractivity (Wildman–Crippen MR) is 51.9 cm³/mol. The van der Waals surface area contributed by atoms with E-state index in [4.69, 9.17) is 4.74 Å². The summed E-state index contributed by atoms with van der Waals surface area (Å²) in [6.45, 7) is 0. The maximum Gasteiger partial charge on any atom is 0.243 e. The van der Waals surface area contributed by atoms with Crippen molar-refractivity contribution in [3.63, 3.8) is 0 Å². The van der Waals surface area contributed by atoms with Crippen LogP contribution in [0.2, 0.25) is 0 Å². The van der Waals surface area contributed by atoms with Crippen LogP contribution in [0, 0.1) is 0 Å². The first kappa shape index (κ1) is 9.66. The highest BCUT2D eigenvalue weighted by Crippen LogP contribution is 2.16. The van der Waals surface area contributed by atoms with E-state index in [1.807, 2.05) is 0 Å². The van der Waals surface area contributed by atoms with Gasteiger partial charge in [0.2, 0.25) is 11.7 Å². The molecule has 0 aliphatic carbocycles. The molecule has 0 bridgehead atoms. The number of methoxy groups -OCH3 is 1. The first-order valence-electron chi connectivity index (χ1n) is 4.00. The fourth-order valence-electron chi connectivity index (χ4n) is 1.01. The molecule has 2 aromatic rings. The summed E-state index contributed by atoms with van der Waals surface area (Å²) < 4.78 is 8.54. The molecule has 0 spiro atoms. The van der Waals surface area contributed by atoms with E-state index in [1.165, 1.54) is 25.7 Å². The van der Waals surface area contributed by atoms with Gasteiger partial charge in [-0.15, -0.1) is 5.10 Å². The van der Waals surface area contributed by atoms with E-state index < -0.39 is 0 Å². The Balaban J connectivity index is 2.42. The van der Waals surface area contributed by atoms with E-state index in [2.05, 4.69) is 19.6 Å². The molecule has 0 radical (unpaired) electrons. The van der Waals surface area contributed by atoms with E-state index in [1.54, 1.807) is 0 Å². The average molecular weight is 222 g/mol. The number of hydrogen-bond acceptors (Lipinski definition) is 7. The number of hydrogen-bond donors (Lipinski definition) is 0. The zero-order valence-corrected chi connectivity index (χ0v) is 8.56. The van der Waals surface area contributed by atoms with Crippen molar-refractivity contribution in [2.24, 2.45) is 0 Å². The van der Waals surface area contributed by atoms with E-state index in [-0.39, 0.29) is 17.4 Å². The lowest BCUT2D eigenvalue weighted by molar-refractivity contribution is 0.103. The molecule has 0 aliphatic rings. The molecule has 2 rings (SSSR count). The van der Waals surface area contributed by atoms with Crippen LogP contribution in [0.4, 0.5) is 0 Å². The molecule has 0 amide bonds. The minimum Gasteiger partial charge on any atom is -0.479 e. The molecule has 6 nitrogen and oxygen atoms in total. The molecule has 0 fully saturated rings. The lowest BCUT2D eigenvalue weighted by atomic mass is 10.2. The summed E-state index contributed by atoms with van der Waals surface area (Å²) in [6, 6.07) is 0. The second-order valence-electron chi connectivity index (χ2n) is 2.53. The molecule has 2 aromatic heterocycles. The van der Waals surface area contributed by atoms with Gasteiger partial charge in [0.25, 0.3) is 0 Å². The fourth-order valence-corrected chi connectivity index (χ4v) is 1.47. The Hall–Kier alpha value is -1.89. The highest BCUT2D eigenvalue weighted by molar-refractivity contribution is 7.08. The van der Waals surface area contributed by atoms with Crippen LogP contribution in [-0.4, -0.2) is 32.4 Å². The van der Waals surface area contributed by atoms with Crippen molar-refractivity contribution in [2.45, 2.75) is 0 Å². The predicted octanol–water partition coefficient (Wildman–Crippen LogP) is 0.568. The second-order valence-corrected chi connectivity index (χ2v) is 3.31. The van der Waals surface area contributed by atoms with Crippen LogP contribution in [0.5, 0.6) is 5.88 Å². The number of rotatable bonds is 3. The van der Waals surface area contributed by atoms with Crippen LogP contribution in [0.15, 0.2) is 18.6 Å². The molecule has 0 saturated heterocycles. The lowest BCUT2D eigenvalue weighted by Crippen LogP contribution is -2.06. The fraction of sp³-hybridized carbons (Fsp3) is 0.125. The van der Waals surface area contributed by atoms with Gasteiger partial charge in [-0.05, 0) is 11.5 Å². The van der Waals surface area contributed by atoms with Gasteiger partial charge in [-0.25, -0.2) is 9.97 Å². The van der Waals surface area contributed by atoms with E-state index in [9.17, 15) is 4.79 Å². The molecule has 0 aliphatic heterocycles. The summed E-state index contributed by atoms with van der Waals surface area (Å²) in [5.41, 5.74) is 0.172. The van der Waals surface area contributed by atoms with Gasteiger partial charge in [-0.3, -0.25) is 4.79 Å². The first-order chi connectivity index (χ1) is 7.33. The third kappa shape index (κ3) is 1.82. The van der Waals surface area contributed by atoms with Crippen molar-refractivity contribution in [3.8, 4) is 5.88 Å². The maximum absolute atomic E-state index is 11.8. The Morgan fingerprint density at radius 3 is 2.87 bits per heavy atom. The van der Waals surface area contributed by atoms with Crippen molar-refractivity contribution >= 4 is 17.3 Å². The van der Waals surface area contributed by atoms with Crippen LogP contribution < -0.4 is 4.74 Å². The zero-order chi connectivity index (χ0) is 10.7. The number of ketones is 1. The molecular weight excluding hydrogens is 216 g/mol. The standard InChI is InChI=1S/C8H6N4O2S/c1-14-8-6(9-2-3-10-8)7(13)5-4-11-12-15-5/h2-4H,1H3. The van der Waals surface area contributed by atoms with Crippen molar-refractivity contribution in [3.05, 3.63) is 29.2 Å². The van der Waals surface area contributed by atoms with E-state index in [0.29, 0.717) is 4.88 Å². The summed E-state index contributed by atoms with van der Waals surface area (Å²) >= 11 is 1.01. The molecule has 0 saturated carbocycles. The summed E-state index contributed by atoms with van der Waals surface area (Å²) in [5, 5.41) is 3.58. The Bertz CT molecular complexity index is 471. The van der Waals surface area contributed by atoms with Gasteiger partial charge in [-0.1, -0.05) is 4.49 Å². The van der Waals surface area contributed by atoms with Crippen LogP contribution >= 0.6 is 11.5 Å². The quantitative estimate of drug-likeness (QED) is 0.706. The molecule has 15 heavy (non-hydrogen) atoms. The van der Waals surface area contributed by atoms with Crippen molar-refractivity contribution in [1.29, 1.82) is 0 Å². The largest absolute Gasteiger partial charge is 0.479 e. The molecule has 7 heteroatoms. The molecule has 0 atom stereocenters. The smallest absolute Gasteiger partial charge is 0.243 e.